The van der Waals surface area contributed by atoms with Gasteiger partial charge in [0.15, 0.2) is 0 Å². The molecular formula is C15H26N4O. The van der Waals surface area contributed by atoms with Crippen molar-refractivity contribution in [1.29, 1.82) is 0 Å². The lowest BCUT2D eigenvalue weighted by molar-refractivity contribution is -0.133. The Bertz CT molecular complexity index is 421. The third kappa shape index (κ3) is 3.03. The van der Waals surface area contributed by atoms with Crippen LogP contribution < -0.4 is 11.1 Å². The van der Waals surface area contributed by atoms with E-state index in [0.29, 0.717) is 12.5 Å². The van der Waals surface area contributed by atoms with E-state index in [1.54, 1.807) is 12.4 Å². The molecule has 2 rings (SSSR count). The number of H-pyrrole nitrogens is 1. The summed E-state index contributed by atoms with van der Waals surface area (Å²) in [5, 5.41) is 3.13. The van der Waals surface area contributed by atoms with E-state index < -0.39 is 0 Å². The number of aromatic nitrogens is 2. The van der Waals surface area contributed by atoms with Gasteiger partial charge in [-0.3, -0.25) is 4.79 Å². The molecule has 0 spiro atoms. The second kappa shape index (κ2) is 6.39. The molecule has 0 aliphatic heterocycles. The zero-order chi connectivity index (χ0) is 14.6. The first-order chi connectivity index (χ1) is 9.61. The van der Waals surface area contributed by atoms with Crippen LogP contribution in [-0.2, 0) is 4.79 Å². The summed E-state index contributed by atoms with van der Waals surface area (Å²) in [7, 11) is 0. The van der Waals surface area contributed by atoms with Gasteiger partial charge in [-0.25, -0.2) is 4.98 Å². The van der Waals surface area contributed by atoms with E-state index in [9.17, 15) is 4.79 Å². The van der Waals surface area contributed by atoms with Gasteiger partial charge in [-0.2, -0.15) is 0 Å². The molecule has 0 saturated heterocycles. The smallest absolute Gasteiger partial charge is 0.228 e. The number of carbonyl (C=O) groups excluding carboxylic acids is 1. The summed E-state index contributed by atoms with van der Waals surface area (Å²) in [6.07, 6.45) is 8.27. The maximum absolute atomic E-state index is 12.7. The summed E-state index contributed by atoms with van der Waals surface area (Å²) in [6.45, 7) is 4.72. The van der Waals surface area contributed by atoms with Crippen molar-refractivity contribution in [1.82, 2.24) is 15.3 Å². The first-order valence-electron chi connectivity index (χ1n) is 7.61. The van der Waals surface area contributed by atoms with Crippen LogP contribution in [0, 0.1) is 11.3 Å². The van der Waals surface area contributed by atoms with Crippen LogP contribution in [0.3, 0.4) is 0 Å². The Balaban J connectivity index is 2.05. The van der Waals surface area contributed by atoms with Crippen LogP contribution in [0.5, 0.6) is 0 Å². The summed E-state index contributed by atoms with van der Waals surface area (Å²) >= 11 is 0. The third-order valence-electron chi connectivity index (χ3n) is 4.67. The summed E-state index contributed by atoms with van der Waals surface area (Å²) in [5.41, 5.74) is 5.55. The monoisotopic (exact) mass is 278 g/mol. The quantitative estimate of drug-likeness (QED) is 0.771. The molecule has 20 heavy (non-hydrogen) atoms. The molecule has 1 aliphatic carbocycles. The molecule has 1 aromatic heterocycles. The van der Waals surface area contributed by atoms with E-state index >= 15 is 0 Å². The Morgan fingerprint density at radius 2 is 2.30 bits per heavy atom. The molecule has 5 heteroatoms. The number of nitrogens with two attached hydrogens (primary N) is 1. The van der Waals surface area contributed by atoms with E-state index in [4.69, 9.17) is 5.73 Å². The zero-order valence-corrected chi connectivity index (χ0v) is 12.5. The number of carbonyl (C=O) groups is 1. The molecular weight excluding hydrogens is 252 g/mol. The Morgan fingerprint density at radius 3 is 2.80 bits per heavy atom. The fourth-order valence-corrected chi connectivity index (χ4v) is 2.98. The highest BCUT2D eigenvalue weighted by atomic mass is 16.2. The van der Waals surface area contributed by atoms with Crippen LogP contribution in [-0.4, -0.2) is 22.4 Å². The van der Waals surface area contributed by atoms with Crippen LogP contribution >= 0.6 is 0 Å². The standard InChI is InChI=1S/C15H26N4O/c1-3-12(13-17-8-9-18-13)19-14(20)15(10-16)6-4-11(2)5-7-15/h8-9,11-12H,3-7,10,16H2,1-2H3,(H,17,18)(H,19,20). The first-order valence-corrected chi connectivity index (χ1v) is 7.61. The Morgan fingerprint density at radius 1 is 1.60 bits per heavy atom. The zero-order valence-electron chi connectivity index (χ0n) is 12.5. The lowest BCUT2D eigenvalue weighted by atomic mass is 9.70. The second-order valence-corrected chi connectivity index (χ2v) is 6.08. The highest BCUT2D eigenvalue weighted by Gasteiger charge is 2.40. The molecule has 0 bridgehead atoms. The predicted octanol–water partition coefficient (Wildman–Crippen LogP) is 2.13. The molecule has 112 valence electrons. The Kier molecular flexibility index (Phi) is 4.81. The third-order valence-corrected chi connectivity index (χ3v) is 4.67. The van der Waals surface area contributed by atoms with Gasteiger partial charge in [0.2, 0.25) is 5.91 Å². The molecule has 5 nitrogen and oxygen atoms in total. The molecule has 1 heterocycles. The number of amides is 1. The van der Waals surface area contributed by atoms with E-state index in [0.717, 1.165) is 37.9 Å². The lowest BCUT2D eigenvalue weighted by Crippen LogP contribution is -2.48. The maximum Gasteiger partial charge on any atom is 0.228 e. The van der Waals surface area contributed by atoms with Crippen molar-refractivity contribution >= 4 is 5.91 Å². The fraction of sp³-hybridized carbons (Fsp3) is 0.733. The molecule has 1 amide bonds. The van der Waals surface area contributed by atoms with Gasteiger partial charge >= 0.3 is 0 Å². The minimum Gasteiger partial charge on any atom is -0.347 e. The molecule has 1 aromatic rings. The Hall–Kier alpha value is -1.36. The van der Waals surface area contributed by atoms with Gasteiger partial charge in [0, 0.05) is 18.9 Å². The average molecular weight is 278 g/mol. The highest BCUT2D eigenvalue weighted by Crippen LogP contribution is 2.38. The number of rotatable bonds is 5. The van der Waals surface area contributed by atoms with Gasteiger partial charge in [0.1, 0.15) is 5.82 Å². The minimum absolute atomic E-state index is 0.0553. The Labute approximate surface area is 120 Å². The van der Waals surface area contributed by atoms with E-state index in [1.807, 2.05) is 6.92 Å². The van der Waals surface area contributed by atoms with Crippen molar-refractivity contribution < 1.29 is 4.79 Å². The summed E-state index contributed by atoms with van der Waals surface area (Å²) in [6, 6.07) is -0.0553. The van der Waals surface area contributed by atoms with Crippen molar-refractivity contribution in [2.24, 2.45) is 17.1 Å². The number of hydrogen-bond acceptors (Lipinski definition) is 3. The normalized spacial score (nSPS) is 28.1. The molecule has 1 aliphatic rings. The largest absolute Gasteiger partial charge is 0.347 e. The molecule has 1 saturated carbocycles. The van der Waals surface area contributed by atoms with Crippen LogP contribution in [0.1, 0.15) is 57.8 Å². The molecule has 4 N–H and O–H groups in total. The molecule has 0 radical (unpaired) electrons. The van der Waals surface area contributed by atoms with E-state index in [1.165, 1.54) is 0 Å². The van der Waals surface area contributed by atoms with Gasteiger partial charge in [-0.15, -0.1) is 0 Å². The summed E-state index contributed by atoms with van der Waals surface area (Å²) in [5.74, 6) is 1.61. The molecule has 1 unspecified atom stereocenters. The average Bonchev–Trinajstić information content (AvgIpc) is 2.99. The number of hydrogen-bond donors (Lipinski definition) is 3. The fourth-order valence-electron chi connectivity index (χ4n) is 2.98. The van der Waals surface area contributed by atoms with Crippen LogP contribution in [0.15, 0.2) is 12.4 Å². The van der Waals surface area contributed by atoms with Gasteiger partial charge in [0.05, 0.1) is 11.5 Å². The maximum atomic E-state index is 12.7. The SMILES string of the molecule is CCC(NC(=O)C1(CN)CCC(C)CC1)c1ncc[nH]1. The second-order valence-electron chi connectivity index (χ2n) is 6.08. The van der Waals surface area contributed by atoms with Gasteiger partial charge < -0.3 is 16.0 Å². The first kappa shape index (κ1) is 15.0. The van der Waals surface area contributed by atoms with E-state index in [-0.39, 0.29) is 17.4 Å². The van der Waals surface area contributed by atoms with Gasteiger partial charge in [-0.05, 0) is 38.0 Å². The summed E-state index contributed by atoms with van der Waals surface area (Å²) in [4.78, 5) is 20.0. The topological polar surface area (TPSA) is 83.8 Å². The van der Waals surface area contributed by atoms with Crippen molar-refractivity contribution in [3.63, 3.8) is 0 Å². The van der Waals surface area contributed by atoms with Crippen LogP contribution in [0.25, 0.3) is 0 Å². The number of imidazole rings is 1. The summed E-state index contributed by atoms with van der Waals surface area (Å²) < 4.78 is 0. The predicted molar refractivity (Wildman–Crippen MR) is 78.9 cm³/mol. The van der Waals surface area contributed by atoms with Crippen LogP contribution in [0.2, 0.25) is 0 Å². The minimum atomic E-state index is -0.382. The van der Waals surface area contributed by atoms with Crippen molar-refractivity contribution in [3.8, 4) is 0 Å². The van der Waals surface area contributed by atoms with Gasteiger partial charge in [0.25, 0.3) is 0 Å². The molecule has 1 fully saturated rings. The molecule has 0 aromatic carbocycles. The van der Waals surface area contributed by atoms with Crippen molar-refractivity contribution in [2.45, 2.75) is 52.0 Å². The van der Waals surface area contributed by atoms with Crippen molar-refractivity contribution in [3.05, 3.63) is 18.2 Å². The van der Waals surface area contributed by atoms with Gasteiger partial charge in [-0.1, -0.05) is 13.8 Å². The molecule has 1 atom stereocenters. The lowest BCUT2D eigenvalue weighted by Gasteiger charge is -2.38. The highest BCUT2D eigenvalue weighted by molar-refractivity contribution is 5.83. The van der Waals surface area contributed by atoms with E-state index in [2.05, 4.69) is 22.2 Å². The number of aromatic amines is 1. The van der Waals surface area contributed by atoms with Crippen molar-refractivity contribution in [2.75, 3.05) is 6.54 Å². The number of nitrogens with one attached hydrogen (secondary N) is 2. The van der Waals surface area contributed by atoms with Crippen LogP contribution in [0.4, 0.5) is 0 Å². The number of nitrogens with zero attached hydrogens (tertiary/aromatic N) is 1.